The molecule has 1 fully saturated rings. The molecular weight excluding hydrogens is 257 g/mol. The van der Waals surface area contributed by atoms with Crippen molar-refractivity contribution in [2.45, 2.75) is 19.3 Å². The SMILES string of the molecule is O=C(c1ccc(-c2ccccc2F)o1)N1CCCCC1. The number of piperidine rings is 1. The van der Waals surface area contributed by atoms with E-state index in [0.29, 0.717) is 11.3 Å². The highest BCUT2D eigenvalue weighted by molar-refractivity contribution is 5.92. The summed E-state index contributed by atoms with van der Waals surface area (Å²) in [4.78, 5) is 14.1. The number of nitrogens with zero attached hydrogens (tertiary/aromatic N) is 1. The standard InChI is InChI=1S/C16H16FNO2/c17-13-7-3-2-6-12(13)14-8-9-15(20-14)16(19)18-10-4-1-5-11-18/h2-3,6-9H,1,4-5,10-11H2. The monoisotopic (exact) mass is 273 g/mol. The Bertz CT molecular complexity index is 614. The molecule has 1 aliphatic heterocycles. The number of benzene rings is 1. The number of rotatable bonds is 2. The second-order valence-electron chi connectivity index (χ2n) is 5.00. The van der Waals surface area contributed by atoms with E-state index in [2.05, 4.69) is 0 Å². The Morgan fingerprint density at radius 3 is 2.55 bits per heavy atom. The number of furan rings is 1. The van der Waals surface area contributed by atoms with Crippen LogP contribution in [0, 0.1) is 5.82 Å². The third kappa shape index (κ3) is 2.46. The van der Waals surface area contributed by atoms with E-state index in [0.717, 1.165) is 25.9 Å². The Morgan fingerprint density at radius 1 is 1.05 bits per heavy atom. The van der Waals surface area contributed by atoms with Gasteiger partial charge in [-0.3, -0.25) is 4.79 Å². The molecule has 0 unspecified atom stereocenters. The third-order valence-corrected chi connectivity index (χ3v) is 3.60. The predicted octanol–water partition coefficient (Wildman–Crippen LogP) is 3.71. The summed E-state index contributed by atoms with van der Waals surface area (Å²) in [5, 5.41) is 0. The molecule has 1 aromatic heterocycles. The average molecular weight is 273 g/mol. The van der Waals surface area contributed by atoms with Crippen LogP contribution >= 0.6 is 0 Å². The van der Waals surface area contributed by atoms with Gasteiger partial charge < -0.3 is 9.32 Å². The Hall–Kier alpha value is -2.10. The highest BCUT2D eigenvalue weighted by atomic mass is 19.1. The lowest BCUT2D eigenvalue weighted by atomic mass is 10.1. The quantitative estimate of drug-likeness (QED) is 0.835. The van der Waals surface area contributed by atoms with Gasteiger partial charge >= 0.3 is 0 Å². The van der Waals surface area contributed by atoms with Crippen molar-refractivity contribution in [1.82, 2.24) is 4.90 Å². The fourth-order valence-corrected chi connectivity index (χ4v) is 2.51. The zero-order chi connectivity index (χ0) is 13.9. The minimum Gasteiger partial charge on any atom is -0.451 e. The predicted molar refractivity (Wildman–Crippen MR) is 73.9 cm³/mol. The Labute approximate surface area is 117 Å². The van der Waals surface area contributed by atoms with Gasteiger partial charge in [-0.05, 0) is 43.5 Å². The van der Waals surface area contributed by atoms with Gasteiger partial charge in [-0.2, -0.15) is 0 Å². The molecule has 0 bridgehead atoms. The number of halogens is 1. The molecule has 2 aromatic rings. The van der Waals surface area contributed by atoms with Crippen LogP contribution < -0.4 is 0 Å². The molecule has 0 atom stereocenters. The van der Waals surface area contributed by atoms with E-state index in [4.69, 9.17) is 4.42 Å². The van der Waals surface area contributed by atoms with Crippen molar-refractivity contribution >= 4 is 5.91 Å². The van der Waals surface area contributed by atoms with Crippen LogP contribution in [0.4, 0.5) is 4.39 Å². The van der Waals surface area contributed by atoms with Crippen LogP contribution in [-0.4, -0.2) is 23.9 Å². The molecule has 0 aliphatic carbocycles. The maximum absolute atomic E-state index is 13.7. The average Bonchev–Trinajstić information content (AvgIpc) is 2.97. The van der Waals surface area contributed by atoms with Crippen molar-refractivity contribution in [3.05, 3.63) is 48.0 Å². The van der Waals surface area contributed by atoms with Crippen LogP contribution in [0.2, 0.25) is 0 Å². The fourth-order valence-electron chi connectivity index (χ4n) is 2.51. The van der Waals surface area contributed by atoms with E-state index in [1.807, 2.05) is 0 Å². The lowest BCUT2D eigenvalue weighted by Crippen LogP contribution is -2.35. The lowest BCUT2D eigenvalue weighted by Gasteiger charge is -2.25. The molecular formula is C16H16FNO2. The van der Waals surface area contributed by atoms with E-state index in [1.165, 1.54) is 12.5 Å². The second kappa shape index (κ2) is 5.49. The molecule has 0 radical (unpaired) electrons. The van der Waals surface area contributed by atoms with Gasteiger partial charge in [-0.1, -0.05) is 12.1 Å². The van der Waals surface area contributed by atoms with Gasteiger partial charge in [-0.15, -0.1) is 0 Å². The molecule has 0 N–H and O–H groups in total. The fraction of sp³-hybridized carbons (Fsp3) is 0.312. The summed E-state index contributed by atoms with van der Waals surface area (Å²) < 4.78 is 19.2. The molecule has 20 heavy (non-hydrogen) atoms. The zero-order valence-corrected chi connectivity index (χ0v) is 11.1. The van der Waals surface area contributed by atoms with Gasteiger partial charge in [0.15, 0.2) is 5.76 Å². The Kier molecular flexibility index (Phi) is 3.54. The van der Waals surface area contributed by atoms with Gasteiger partial charge in [0.2, 0.25) is 0 Å². The maximum Gasteiger partial charge on any atom is 0.289 e. The van der Waals surface area contributed by atoms with E-state index in [9.17, 15) is 9.18 Å². The number of hydrogen-bond donors (Lipinski definition) is 0. The molecule has 4 heteroatoms. The van der Waals surface area contributed by atoms with Gasteiger partial charge in [0.05, 0.1) is 5.56 Å². The smallest absolute Gasteiger partial charge is 0.289 e. The van der Waals surface area contributed by atoms with E-state index < -0.39 is 0 Å². The van der Waals surface area contributed by atoms with Crippen molar-refractivity contribution in [2.24, 2.45) is 0 Å². The lowest BCUT2D eigenvalue weighted by molar-refractivity contribution is 0.0693. The number of carbonyl (C=O) groups is 1. The maximum atomic E-state index is 13.7. The normalized spacial score (nSPS) is 15.3. The highest BCUT2D eigenvalue weighted by Gasteiger charge is 2.21. The minimum atomic E-state index is -0.348. The van der Waals surface area contributed by atoms with Gasteiger partial charge in [0.25, 0.3) is 5.91 Å². The molecule has 1 aromatic carbocycles. The summed E-state index contributed by atoms with van der Waals surface area (Å²) in [6.45, 7) is 1.54. The second-order valence-corrected chi connectivity index (χ2v) is 5.00. The van der Waals surface area contributed by atoms with Crippen LogP contribution in [0.1, 0.15) is 29.8 Å². The first kappa shape index (κ1) is 12.9. The number of carbonyl (C=O) groups excluding carboxylic acids is 1. The van der Waals surface area contributed by atoms with Crippen LogP contribution in [-0.2, 0) is 0 Å². The summed E-state index contributed by atoms with van der Waals surface area (Å²) in [6.07, 6.45) is 3.24. The Morgan fingerprint density at radius 2 is 1.80 bits per heavy atom. The van der Waals surface area contributed by atoms with Crippen LogP contribution in [0.15, 0.2) is 40.8 Å². The molecule has 1 saturated heterocycles. The number of likely N-dealkylation sites (tertiary alicyclic amines) is 1. The number of amides is 1. The third-order valence-electron chi connectivity index (χ3n) is 3.60. The molecule has 0 saturated carbocycles. The van der Waals surface area contributed by atoms with E-state index in [-0.39, 0.29) is 17.5 Å². The first-order valence-corrected chi connectivity index (χ1v) is 6.90. The van der Waals surface area contributed by atoms with Crippen LogP contribution in [0.3, 0.4) is 0 Å². The Balaban J connectivity index is 1.83. The van der Waals surface area contributed by atoms with Crippen molar-refractivity contribution in [2.75, 3.05) is 13.1 Å². The van der Waals surface area contributed by atoms with Gasteiger partial charge in [-0.25, -0.2) is 4.39 Å². The van der Waals surface area contributed by atoms with Crippen molar-refractivity contribution in [3.8, 4) is 11.3 Å². The minimum absolute atomic E-state index is 0.104. The molecule has 0 spiro atoms. The molecule has 1 amide bonds. The highest BCUT2D eigenvalue weighted by Crippen LogP contribution is 2.25. The topological polar surface area (TPSA) is 33.5 Å². The van der Waals surface area contributed by atoms with Crippen molar-refractivity contribution < 1.29 is 13.6 Å². The summed E-state index contributed by atoms with van der Waals surface area (Å²) in [7, 11) is 0. The summed E-state index contributed by atoms with van der Waals surface area (Å²) in [6, 6.07) is 9.66. The van der Waals surface area contributed by atoms with Crippen LogP contribution in [0.25, 0.3) is 11.3 Å². The first-order chi connectivity index (χ1) is 9.75. The first-order valence-electron chi connectivity index (χ1n) is 6.90. The van der Waals surface area contributed by atoms with Crippen molar-refractivity contribution in [3.63, 3.8) is 0 Å². The molecule has 3 nitrogen and oxygen atoms in total. The van der Waals surface area contributed by atoms with E-state index in [1.54, 1.807) is 35.2 Å². The van der Waals surface area contributed by atoms with Crippen LogP contribution in [0.5, 0.6) is 0 Å². The molecule has 1 aliphatic rings. The summed E-state index contributed by atoms with van der Waals surface area (Å²) in [5.41, 5.74) is 0.380. The van der Waals surface area contributed by atoms with Gasteiger partial charge in [0.1, 0.15) is 11.6 Å². The van der Waals surface area contributed by atoms with Gasteiger partial charge in [0, 0.05) is 13.1 Å². The van der Waals surface area contributed by atoms with E-state index >= 15 is 0 Å². The number of hydrogen-bond acceptors (Lipinski definition) is 2. The largest absolute Gasteiger partial charge is 0.451 e. The summed E-state index contributed by atoms with van der Waals surface area (Å²) >= 11 is 0. The zero-order valence-electron chi connectivity index (χ0n) is 11.1. The molecule has 104 valence electrons. The van der Waals surface area contributed by atoms with Crippen molar-refractivity contribution in [1.29, 1.82) is 0 Å². The summed E-state index contributed by atoms with van der Waals surface area (Å²) in [5.74, 6) is 0.222. The molecule has 3 rings (SSSR count). The molecule has 2 heterocycles.